The van der Waals surface area contributed by atoms with E-state index in [0.717, 1.165) is 17.9 Å². The second kappa shape index (κ2) is 9.37. The molecule has 5 nitrogen and oxygen atoms in total. The van der Waals surface area contributed by atoms with E-state index in [2.05, 4.69) is 0 Å². The van der Waals surface area contributed by atoms with Gasteiger partial charge >= 0.3 is 0 Å². The molecule has 1 aromatic rings. The van der Waals surface area contributed by atoms with Crippen molar-refractivity contribution in [3.63, 3.8) is 0 Å². The fraction of sp³-hybridized carbons (Fsp3) is 0.562. The lowest BCUT2D eigenvalue weighted by Crippen LogP contribution is -2.34. The maximum absolute atomic E-state index is 12.5. The monoisotopic (exact) mass is 294 g/mol. The lowest BCUT2D eigenvalue weighted by molar-refractivity contribution is -0.119. The molecule has 0 saturated heterocycles. The van der Waals surface area contributed by atoms with Crippen LogP contribution in [-0.4, -0.2) is 39.8 Å². The molecule has 1 amide bonds. The Morgan fingerprint density at radius 3 is 2.48 bits per heavy atom. The first kappa shape index (κ1) is 17.5. The molecule has 0 bridgehead atoms. The van der Waals surface area contributed by atoms with E-state index in [-0.39, 0.29) is 11.8 Å². The smallest absolute Gasteiger partial charge is 0.227 e. The lowest BCUT2D eigenvalue weighted by Gasteiger charge is -2.24. The van der Waals surface area contributed by atoms with Crippen LogP contribution < -0.4 is 15.4 Å². The minimum atomic E-state index is 0.0955. The third kappa shape index (κ3) is 5.73. The van der Waals surface area contributed by atoms with Gasteiger partial charge in [0, 0.05) is 32.4 Å². The van der Waals surface area contributed by atoms with Gasteiger partial charge in [-0.15, -0.1) is 0 Å². The molecule has 1 unspecified atom stereocenters. The molecule has 0 fully saturated rings. The number of rotatable bonds is 9. The third-order valence-corrected chi connectivity index (χ3v) is 3.25. The topological polar surface area (TPSA) is 64.8 Å². The number of hydrogen-bond acceptors (Lipinski definition) is 4. The van der Waals surface area contributed by atoms with Gasteiger partial charge in [0.1, 0.15) is 5.75 Å². The first-order valence-electron chi connectivity index (χ1n) is 7.25. The number of benzene rings is 1. The van der Waals surface area contributed by atoms with Crippen molar-refractivity contribution in [1.82, 2.24) is 0 Å². The maximum atomic E-state index is 12.5. The van der Waals surface area contributed by atoms with Crippen LogP contribution >= 0.6 is 0 Å². The molecule has 118 valence electrons. The van der Waals surface area contributed by atoms with Crippen LogP contribution in [-0.2, 0) is 9.53 Å². The zero-order valence-electron chi connectivity index (χ0n) is 13.2. The summed E-state index contributed by atoms with van der Waals surface area (Å²) in [5, 5.41) is 0. The van der Waals surface area contributed by atoms with Crippen LogP contribution in [0, 0.1) is 5.92 Å². The van der Waals surface area contributed by atoms with Crippen molar-refractivity contribution in [3.8, 4) is 5.75 Å². The summed E-state index contributed by atoms with van der Waals surface area (Å²) in [6, 6.07) is 7.51. The zero-order valence-corrected chi connectivity index (χ0v) is 13.2. The summed E-state index contributed by atoms with van der Waals surface area (Å²) in [5.41, 5.74) is 6.45. The van der Waals surface area contributed by atoms with E-state index < -0.39 is 0 Å². The number of methoxy groups -OCH3 is 2. The molecule has 2 N–H and O–H groups in total. The molecule has 0 spiro atoms. The molecule has 1 atom stereocenters. The number of amides is 1. The van der Waals surface area contributed by atoms with E-state index in [0.29, 0.717) is 26.1 Å². The van der Waals surface area contributed by atoms with Gasteiger partial charge in [-0.25, -0.2) is 0 Å². The molecular weight excluding hydrogens is 268 g/mol. The summed E-state index contributed by atoms with van der Waals surface area (Å²) in [6.07, 6.45) is 1.24. The normalized spacial score (nSPS) is 12.0. The van der Waals surface area contributed by atoms with Crippen LogP contribution in [0.25, 0.3) is 0 Å². The van der Waals surface area contributed by atoms with E-state index in [1.54, 1.807) is 19.1 Å². The van der Waals surface area contributed by atoms with Gasteiger partial charge in [0.25, 0.3) is 0 Å². The van der Waals surface area contributed by atoms with Gasteiger partial charge < -0.3 is 20.1 Å². The molecule has 1 aromatic carbocycles. The summed E-state index contributed by atoms with van der Waals surface area (Å²) in [4.78, 5) is 14.3. The molecule has 0 aliphatic carbocycles. The van der Waals surface area contributed by atoms with Gasteiger partial charge in [-0.2, -0.15) is 0 Å². The highest BCUT2D eigenvalue weighted by atomic mass is 16.5. The van der Waals surface area contributed by atoms with Crippen molar-refractivity contribution in [2.45, 2.75) is 19.8 Å². The first-order chi connectivity index (χ1) is 10.1. The highest BCUT2D eigenvalue weighted by molar-refractivity contribution is 5.93. The van der Waals surface area contributed by atoms with Crippen LogP contribution in [0.3, 0.4) is 0 Å². The SMILES string of the molecule is COCC(C)CC(=O)N(CCCN)c1ccc(OC)cc1. The number of anilines is 1. The second-order valence-electron chi connectivity index (χ2n) is 5.15. The third-order valence-electron chi connectivity index (χ3n) is 3.25. The number of hydrogen-bond donors (Lipinski definition) is 1. The molecular formula is C16H26N2O3. The molecule has 0 saturated carbocycles. The molecule has 0 heterocycles. The van der Waals surface area contributed by atoms with Crippen molar-refractivity contribution in [2.75, 3.05) is 38.8 Å². The number of carbonyl (C=O) groups is 1. The molecule has 21 heavy (non-hydrogen) atoms. The standard InChI is InChI=1S/C16H26N2O3/c1-13(12-20-2)11-16(19)18(10-4-9-17)14-5-7-15(21-3)8-6-14/h5-8,13H,4,9-12,17H2,1-3H3. The van der Waals surface area contributed by atoms with Crippen LogP contribution in [0.15, 0.2) is 24.3 Å². The first-order valence-corrected chi connectivity index (χ1v) is 7.25. The summed E-state index contributed by atoms with van der Waals surface area (Å²) >= 11 is 0. The van der Waals surface area contributed by atoms with E-state index in [1.807, 2.05) is 31.2 Å². The number of nitrogens with two attached hydrogens (primary N) is 1. The van der Waals surface area contributed by atoms with Crippen LogP contribution in [0.5, 0.6) is 5.75 Å². The van der Waals surface area contributed by atoms with Crippen molar-refractivity contribution in [1.29, 1.82) is 0 Å². The van der Waals surface area contributed by atoms with Crippen molar-refractivity contribution >= 4 is 11.6 Å². The second-order valence-corrected chi connectivity index (χ2v) is 5.15. The highest BCUT2D eigenvalue weighted by Crippen LogP contribution is 2.21. The number of carbonyl (C=O) groups excluding carboxylic acids is 1. The Morgan fingerprint density at radius 2 is 1.95 bits per heavy atom. The number of nitrogens with zero attached hydrogens (tertiary/aromatic N) is 1. The largest absolute Gasteiger partial charge is 0.497 e. The Hall–Kier alpha value is -1.59. The molecule has 0 aliphatic rings. The average molecular weight is 294 g/mol. The summed E-state index contributed by atoms with van der Waals surface area (Å²) < 4.78 is 10.2. The summed E-state index contributed by atoms with van der Waals surface area (Å²) in [7, 11) is 3.27. The minimum absolute atomic E-state index is 0.0955. The Labute approximate surface area is 127 Å². The Morgan fingerprint density at radius 1 is 1.29 bits per heavy atom. The molecule has 0 aliphatic heterocycles. The molecule has 0 aromatic heterocycles. The fourth-order valence-electron chi connectivity index (χ4n) is 2.16. The van der Waals surface area contributed by atoms with Crippen LogP contribution in [0.2, 0.25) is 0 Å². The van der Waals surface area contributed by atoms with Gasteiger partial charge in [-0.05, 0) is 43.1 Å². The predicted molar refractivity (Wildman–Crippen MR) is 84.7 cm³/mol. The predicted octanol–water partition coefficient (Wildman–Crippen LogP) is 2.05. The fourth-order valence-corrected chi connectivity index (χ4v) is 2.16. The van der Waals surface area contributed by atoms with E-state index in [9.17, 15) is 4.79 Å². The molecule has 0 radical (unpaired) electrons. The minimum Gasteiger partial charge on any atom is -0.497 e. The van der Waals surface area contributed by atoms with Crippen molar-refractivity contribution in [3.05, 3.63) is 24.3 Å². The molecule has 5 heteroatoms. The van der Waals surface area contributed by atoms with Crippen LogP contribution in [0.1, 0.15) is 19.8 Å². The summed E-state index contributed by atoms with van der Waals surface area (Å²) in [5.74, 6) is 1.07. The quantitative estimate of drug-likeness (QED) is 0.757. The van der Waals surface area contributed by atoms with Gasteiger partial charge in [-0.3, -0.25) is 4.79 Å². The van der Waals surface area contributed by atoms with Gasteiger partial charge in [0.05, 0.1) is 7.11 Å². The Kier molecular flexibility index (Phi) is 7.79. The van der Waals surface area contributed by atoms with Gasteiger partial charge in [0.2, 0.25) is 5.91 Å². The van der Waals surface area contributed by atoms with E-state index >= 15 is 0 Å². The average Bonchev–Trinajstić information content (AvgIpc) is 2.48. The van der Waals surface area contributed by atoms with Gasteiger partial charge in [-0.1, -0.05) is 6.92 Å². The summed E-state index contributed by atoms with van der Waals surface area (Å²) in [6.45, 7) is 3.78. The van der Waals surface area contributed by atoms with Crippen LogP contribution in [0.4, 0.5) is 5.69 Å². The highest BCUT2D eigenvalue weighted by Gasteiger charge is 2.18. The van der Waals surface area contributed by atoms with Crippen molar-refractivity contribution in [2.24, 2.45) is 11.7 Å². The number of ether oxygens (including phenoxy) is 2. The van der Waals surface area contributed by atoms with Gasteiger partial charge in [0.15, 0.2) is 0 Å². The maximum Gasteiger partial charge on any atom is 0.227 e. The Bertz CT molecular complexity index is 420. The zero-order chi connectivity index (χ0) is 15.7. The van der Waals surface area contributed by atoms with E-state index in [4.69, 9.17) is 15.2 Å². The lowest BCUT2D eigenvalue weighted by atomic mass is 10.1. The Balaban J connectivity index is 2.80. The molecule has 1 rings (SSSR count). The van der Waals surface area contributed by atoms with E-state index in [1.165, 1.54) is 0 Å². The van der Waals surface area contributed by atoms with Crippen molar-refractivity contribution < 1.29 is 14.3 Å².